The maximum Gasteiger partial charge on any atom is 0.263 e. The number of likely N-dealkylation sites (tertiary alicyclic amines) is 1. The third-order valence-electron chi connectivity index (χ3n) is 4.18. The number of amides is 1. The number of hydrogen-bond acceptors (Lipinski definition) is 4. The first-order valence-electron chi connectivity index (χ1n) is 7.83. The molecule has 0 spiro atoms. The number of piperidine rings is 1. The quantitative estimate of drug-likeness (QED) is 0.896. The molecule has 1 aliphatic heterocycles. The van der Waals surface area contributed by atoms with Crippen LogP contribution in [0.25, 0.3) is 0 Å². The zero-order valence-corrected chi connectivity index (χ0v) is 13.7. The number of ether oxygens (including phenoxy) is 1. The molecule has 5 nitrogen and oxygen atoms in total. The summed E-state index contributed by atoms with van der Waals surface area (Å²) in [6.45, 7) is 3.31. The fraction of sp³-hybridized carbons (Fsp3) is 0.588. The number of hydrogen-bond donors (Lipinski definition) is 1. The van der Waals surface area contributed by atoms with E-state index in [-0.39, 0.29) is 12.5 Å². The van der Waals surface area contributed by atoms with Gasteiger partial charge in [0.15, 0.2) is 6.10 Å². The van der Waals surface area contributed by atoms with Crippen molar-refractivity contribution in [2.45, 2.75) is 38.5 Å². The topological polar surface area (TPSA) is 53.0 Å². The largest absolute Gasteiger partial charge is 0.481 e. The molecule has 2 atom stereocenters. The highest BCUT2D eigenvalue weighted by Gasteiger charge is 2.28. The normalized spacial score (nSPS) is 20.0. The van der Waals surface area contributed by atoms with Crippen LogP contribution in [0.4, 0.5) is 0 Å². The van der Waals surface area contributed by atoms with E-state index < -0.39 is 6.10 Å². The van der Waals surface area contributed by atoms with Crippen LogP contribution in [-0.2, 0) is 11.4 Å². The SMILES string of the molecule is CC(Oc1cccc(CO)c1)C(=O)N1CCCC(N(C)C)C1. The van der Waals surface area contributed by atoms with Gasteiger partial charge in [-0.05, 0) is 51.6 Å². The third kappa shape index (κ3) is 4.21. The molecule has 2 unspecified atom stereocenters. The standard InChI is InChI=1S/C17H26N2O3/c1-13(22-16-8-4-6-14(10-16)12-20)17(21)19-9-5-7-15(11-19)18(2)3/h4,6,8,10,13,15,20H,5,7,9,11-12H2,1-3H3. The smallest absolute Gasteiger partial charge is 0.263 e. The molecule has 0 aromatic heterocycles. The molecular formula is C17H26N2O3. The molecule has 0 aliphatic carbocycles. The number of rotatable bonds is 5. The molecule has 1 heterocycles. The van der Waals surface area contributed by atoms with E-state index in [4.69, 9.17) is 9.84 Å². The average Bonchev–Trinajstić information content (AvgIpc) is 2.54. The Labute approximate surface area is 132 Å². The van der Waals surface area contributed by atoms with Crippen LogP contribution >= 0.6 is 0 Å². The van der Waals surface area contributed by atoms with Gasteiger partial charge in [0.05, 0.1) is 6.61 Å². The van der Waals surface area contributed by atoms with Gasteiger partial charge in [-0.1, -0.05) is 12.1 Å². The Morgan fingerprint density at radius 3 is 2.95 bits per heavy atom. The van der Waals surface area contributed by atoms with Crippen LogP contribution in [-0.4, -0.2) is 60.1 Å². The summed E-state index contributed by atoms with van der Waals surface area (Å²) < 4.78 is 5.75. The Balaban J connectivity index is 1.96. The zero-order valence-electron chi connectivity index (χ0n) is 13.7. The Kier molecular flexibility index (Phi) is 5.80. The van der Waals surface area contributed by atoms with E-state index in [2.05, 4.69) is 19.0 Å². The molecule has 22 heavy (non-hydrogen) atoms. The van der Waals surface area contributed by atoms with Gasteiger partial charge in [0.2, 0.25) is 0 Å². The van der Waals surface area contributed by atoms with E-state index in [1.54, 1.807) is 13.0 Å². The molecular weight excluding hydrogens is 280 g/mol. The van der Waals surface area contributed by atoms with Crippen molar-refractivity contribution in [1.82, 2.24) is 9.80 Å². The van der Waals surface area contributed by atoms with Gasteiger partial charge >= 0.3 is 0 Å². The summed E-state index contributed by atoms with van der Waals surface area (Å²) >= 11 is 0. The van der Waals surface area contributed by atoms with Gasteiger partial charge < -0.3 is 19.6 Å². The second kappa shape index (κ2) is 7.61. The number of likely N-dealkylation sites (N-methyl/N-ethyl adjacent to an activating group) is 1. The van der Waals surface area contributed by atoms with E-state index in [1.807, 2.05) is 23.1 Å². The minimum atomic E-state index is -0.519. The third-order valence-corrected chi connectivity index (χ3v) is 4.18. The first-order valence-corrected chi connectivity index (χ1v) is 7.83. The molecule has 1 saturated heterocycles. The molecule has 122 valence electrons. The number of aliphatic hydroxyl groups excluding tert-OH is 1. The molecule has 0 bridgehead atoms. The van der Waals surface area contributed by atoms with E-state index in [0.29, 0.717) is 11.8 Å². The lowest BCUT2D eigenvalue weighted by molar-refractivity contribution is -0.139. The Morgan fingerprint density at radius 1 is 1.50 bits per heavy atom. The molecule has 1 aromatic rings. The average molecular weight is 306 g/mol. The van der Waals surface area contributed by atoms with Crippen molar-refractivity contribution in [2.75, 3.05) is 27.2 Å². The van der Waals surface area contributed by atoms with Crippen LogP contribution in [0.1, 0.15) is 25.3 Å². The number of nitrogens with zero attached hydrogens (tertiary/aromatic N) is 2. The number of benzene rings is 1. The van der Waals surface area contributed by atoms with Crippen molar-refractivity contribution in [3.05, 3.63) is 29.8 Å². The van der Waals surface area contributed by atoms with Crippen LogP contribution in [0, 0.1) is 0 Å². The van der Waals surface area contributed by atoms with Crippen molar-refractivity contribution in [2.24, 2.45) is 0 Å². The maximum absolute atomic E-state index is 12.6. The lowest BCUT2D eigenvalue weighted by Crippen LogP contribution is -2.50. The summed E-state index contributed by atoms with van der Waals surface area (Å²) in [7, 11) is 4.11. The number of carbonyl (C=O) groups excluding carboxylic acids is 1. The van der Waals surface area contributed by atoms with Crippen LogP contribution in [0.3, 0.4) is 0 Å². The summed E-state index contributed by atoms with van der Waals surface area (Å²) in [5.41, 5.74) is 0.780. The van der Waals surface area contributed by atoms with Gasteiger partial charge in [-0.2, -0.15) is 0 Å². The van der Waals surface area contributed by atoms with Crippen LogP contribution in [0.2, 0.25) is 0 Å². The molecule has 2 rings (SSSR count). The summed E-state index contributed by atoms with van der Waals surface area (Å²) in [5.74, 6) is 0.648. The second-order valence-corrected chi connectivity index (χ2v) is 6.11. The minimum Gasteiger partial charge on any atom is -0.481 e. The zero-order chi connectivity index (χ0) is 16.1. The van der Waals surface area contributed by atoms with E-state index in [1.165, 1.54) is 0 Å². The highest BCUT2D eigenvalue weighted by atomic mass is 16.5. The van der Waals surface area contributed by atoms with Crippen LogP contribution in [0.5, 0.6) is 5.75 Å². The fourth-order valence-electron chi connectivity index (χ4n) is 2.81. The maximum atomic E-state index is 12.6. The predicted molar refractivity (Wildman–Crippen MR) is 85.7 cm³/mol. The van der Waals surface area contributed by atoms with Crippen LogP contribution in [0.15, 0.2) is 24.3 Å². The molecule has 5 heteroatoms. The van der Waals surface area contributed by atoms with Gasteiger partial charge in [0, 0.05) is 19.1 Å². The molecule has 0 radical (unpaired) electrons. The van der Waals surface area contributed by atoms with E-state index >= 15 is 0 Å². The predicted octanol–water partition coefficient (Wildman–Crippen LogP) is 1.50. The van der Waals surface area contributed by atoms with Crippen molar-refractivity contribution in [3.8, 4) is 5.75 Å². The summed E-state index contributed by atoms with van der Waals surface area (Å²) in [6.07, 6.45) is 1.64. The first kappa shape index (κ1) is 16.8. The van der Waals surface area contributed by atoms with Gasteiger partial charge in [0.25, 0.3) is 5.91 Å². The molecule has 1 aliphatic rings. The Hall–Kier alpha value is -1.59. The van der Waals surface area contributed by atoms with Gasteiger partial charge in [-0.25, -0.2) is 0 Å². The van der Waals surface area contributed by atoms with Gasteiger partial charge in [-0.3, -0.25) is 4.79 Å². The summed E-state index contributed by atoms with van der Waals surface area (Å²) in [4.78, 5) is 16.6. The summed E-state index contributed by atoms with van der Waals surface area (Å²) in [6, 6.07) is 7.64. The fourth-order valence-corrected chi connectivity index (χ4v) is 2.81. The van der Waals surface area contributed by atoms with Gasteiger partial charge in [-0.15, -0.1) is 0 Å². The minimum absolute atomic E-state index is 0.0287. The highest BCUT2D eigenvalue weighted by molar-refractivity contribution is 5.81. The molecule has 1 amide bonds. The van der Waals surface area contributed by atoms with Crippen molar-refractivity contribution < 1.29 is 14.6 Å². The second-order valence-electron chi connectivity index (χ2n) is 6.11. The van der Waals surface area contributed by atoms with E-state index in [0.717, 1.165) is 31.5 Å². The Bertz CT molecular complexity index is 504. The lowest BCUT2D eigenvalue weighted by Gasteiger charge is -2.37. The summed E-state index contributed by atoms with van der Waals surface area (Å²) in [5, 5.41) is 9.15. The highest BCUT2D eigenvalue weighted by Crippen LogP contribution is 2.18. The van der Waals surface area contributed by atoms with E-state index in [9.17, 15) is 4.79 Å². The van der Waals surface area contributed by atoms with Crippen molar-refractivity contribution in [3.63, 3.8) is 0 Å². The molecule has 1 fully saturated rings. The van der Waals surface area contributed by atoms with Gasteiger partial charge in [0.1, 0.15) is 5.75 Å². The molecule has 1 aromatic carbocycles. The number of carbonyl (C=O) groups is 1. The lowest BCUT2D eigenvalue weighted by atomic mass is 10.0. The Morgan fingerprint density at radius 2 is 2.27 bits per heavy atom. The monoisotopic (exact) mass is 306 g/mol. The van der Waals surface area contributed by atoms with Crippen LogP contribution < -0.4 is 4.74 Å². The molecule has 0 saturated carbocycles. The van der Waals surface area contributed by atoms with Crippen molar-refractivity contribution in [1.29, 1.82) is 0 Å². The number of aliphatic hydroxyl groups is 1. The first-order chi connectivity index (χ1) is 10.5. The van der Waals surface area contributed by atoms with Crippen molar-refractivity contribution >= 4 is 5.91 Å². The molecule has 1 N–H and O–H groups in total.